The normalized spacial score (nSPS) is 23.0. The van der Waals surface area contributed by atoms with Crippen molar-refractivity contribution in [1.29, 1.82) is 0 Å². The molecule has 6 nitrogen and oxygen atoms in total. The number of nitrogens with two attached hydrogens (primary N) is 1. The van der Waals surface area contributed by atoms with E-state index in [2.05, 4.69) is 47.5 Å². The first-order valence-electron chi connectivity index (χ1n) is 9.60. The van der Waals surface area contributed by atoms with Gasteiger partial charge >= 0.3 is 6.03 Å². The fourth-order valence-electron chi connectivity index (χ4n) is 4.56. The fourth-order valence-corrected chi connectivity index (χ4v) is 4.56. The summed E-state index contributed by atoms with van der Waals surface area (Å²) in [6.45, 7) is 7.06. The van der Waals surface area contributed by atoms with Crippen LogP contribution in [-0.2, 0) is 4.79 Å². The second kappa shape index (κ2) is 8.08. The van der Waals surface area contributed by atoms with Crippen LogP contribution in [0.2, 0.25) is 0 Å². The lowest BCUT2D eigenvalue weighted by molar-refractivity contribution is -0.133. The van der Waals surface area contributed by atoms with Crippen molar-refractivity contribution in [3.63, 3.8) is 0 Å². The van der Waals surface area contributed by atoms with Crippen molar-refractivity contribution in [1.82, 2.24) is 15.1 Å². The lowest BCUT2D eigenvalue weighted by Crippen LogP contribution is -2.53. The van der Waals surface area contributed by atoms with Crippen molar-refractivity contribution in [3.05, 3.63) is 35.9 Å². The molecule has 0 saturated carbocycles. The van der Waals surface area contributed by atoms with Gasteiger partial charge in [-0.3, -0.25) is 4.79 Å². The van der Waals surface area contributed by atoms with E-state index in [1.807, 2.05) is 4.90 Å². The van der Waals surface area contributed by atoms with E-state index in [1.54, 1.807) is 0 Å². The highest BCUT2D eigenvalue weighted by Gasteiger charge is 2.42. The Labute approximate surface area is 155 Å². The topological polar surface area (TPSA) is 78.7 Å². The van der Waals surface area contributed by atoms with Crippen molar-refractivity contribution >= 4 is 11.9 Å². The molecule has 3 rings (SSSR count). The Balaban J connectivity index is 1.64. The van der Waals surface area contributed by atoms with Gasteiger partial charge in [-0.2, -0.15) is 0 Å². The van der Waals surface area contributed by atoms with Gasteiger partial charge in [0.2, 0.25) is 5.91 Å². The van der Waals surface area contributed by atoms with Gasteiger partial charge in [-0.15, -0.1) is 0 Å². The Morgan fingerprint density at radius 1 is 1.23 bits per heavy atom. The maximum absolute atomic E-state index is 12.2. The minimum atomic E-state index is -0.650. The predicted molar refractivity (Wildman–Crippen MR) is 102 cm³/mol. The number of primary amides is 1. The zero-order valence-corrected chi connectivity index (χ0v) is 15.6. The van der Waals surface area contributed by atoms with Crippen molar-refractivity contribution in [2.75, 3.05) is 39.3 Å². The minimum absolute atomic E-state index is 0.00391. The Morgan fingerprint density at radius 2 is 1.92 bits per heavy atom. The molecule has 2 heterocycles. The summed E-state index contributed by atoms with van der Waals surface area (Å²) < 4.78 is 0. The summed E-state index contributed by atoms with van der Waals surface area (Å²) >= 11 is 0. The average molecular weight is 358 g/mol. The molecule has 6 heteroatoms. The molecular formula is C20H30N4O2. The zero-order chi connectivity index (χ0) is 18.6. The Bertz CT molecular complexity index is 626. The molecule has 26 heavy (non-hydrogen) atoms. The van der Waals surface area contributed by atoms with Crippen LogP contribution in [0.4, 0.5) is 4.79 Å². The number of amides is 3. The molecule has 2 aliphatic rings. The van der Waals surface area contributed by atoms with Gasteiger partial charge in [0.15, 0.2) is 0 Å². The summed E-state index contributed by atoms with van der Waals surface area (Å²) in [7, 11) is 0. The van der Waals surface area contributed by atoms with Crippen molar-refractivity contribution < 1.29 is 9.59 Å². The molecule has 0 unspecified atom stereocenters. The largest absolute Gasteiger partial charge is 0.352 e. The zero-order valence-electron chi connectivity index (χ0n) is 15.6. The van der Waals surface area contributed by atoms with E-state index >= 15 is 0 Å². The lowest BCUT2D eigenvalue weighted by Gasteiger charge is -2.50. The number of nitrogens with zero attached hydrogens (tertiary/aromatic N) is 2. The van der Waals surface area contributed by atoms with E-state index < -0.39 is 6.03 Å². The molecule has 0 bridgehead atoms. The van der Waals surface area contributed by atoms with E-state index in [-0.39, 0.29) is 17.9 Å². The number of carbonyl (C=O) groups excluding carboxylic acids is 2. The second-order valence-corrected chi connectivity index (χ2v) is 7.74. The third-order valence-electron chi connectivity index (χ3n) is 6.03. The van der Waals surface area contributed by atoms with Gasteiger partial charge in [0, 0.05) is 26.2 Å². The van der Waals surface area contributed by atoms with E-state index in [1.165, 1.54) is 12.0 Å². The highest BCUT2D eigenvalue weighted by atomic mass is 16.2. The molecule has 2 saturated heterocycles. The monoisotopic (exact) mass is 358 g/mol. The van der Waals surface area contributed by atoms with E-state index in [4.69, 9.17) is 5.73 Å². The van der Waals surface area contributed by atoms with E-state index in [0.717, 1.165) is 45.6 Å². The minimum Gasteiger partial charge on any atom is -0.352 e. The SMILES string of the molecule is CCN1C[C@H](c2ccccc2)CC2(CCN(C(=O)CNC(N)=O)CC2)C1. The van der Waals surface area contributed by atoms with E-state index in [9.17, 15) is 9.59 Å². The number of carbonyl (C=O) groups is 2. The summed E-state index contributed by atoms with van der Waals surface area (Å²) in [6, 6.07) is 10.2. The number of hydrogen-bond donors (Lipinski definition) is 2. The lowest BCUT2D eigenvalue weighted by atomic mass is 9.68. The van der Waals surface area contributed by atoms with Crippen LogP contribution in [0.1, 0.15) is 37.7 Å². The van der Waals surface area contributed by atoms with Crippen LogP contribution in [0.5, 0.6) is 0 Å². The number of piperidine rings is 2. The maximum Gasteiger partial charge on any atom is 0.312 e. The van der Waals surface area contributed by atoms with Crippen LogP contribution in [0, 0.1) is 5.41 Å². The Hall–Kier alpha value is -2.08. The molecule has 142 valence electrons. The number of urea groups is 1. The summed E-state index contributed by atoms with van der Waals surface area (Å²) in [5.74, 6) is 0.519. The molecule has 1 aromatic carbocycles. The average Bonchev–Trinajstić information content (AvgIpc) is 2.67. The standard InChI is InChI=1S/C20H30N4O2/c1-2-23-14-17(16-6-4-3-5-7-16)12-20(15-23)8-10-24(11-9-20)18(25)13-22-19(21)26/h3-7,17H,2,8-15H2,1H3,(H3,21,22,26)/t17-/m1/s1. The summed E-state index contributed by atoms with van der Waals surface area (Å²) in [6.07, 6.45) is 3.24. The first-order valence-corrected chi connectivity index (χ1v) is 9.60. The summed E-state index contributed by atoms with van der Waals surface area (Å²) in [5, 5.41) is 2.40. The molecule has 1 spiro atoms. The number of nitrogens with one attached hydrogen (secondary N) is 1. The summed E-state index contributed by atoms with van der Waals surface area (Å²) in [4.78, 5) is 27.5. The van der Waals surface area contributed by atoms with Gasteiger partial charge < -0.3 is 20.9 Å². The molecule has 1 aromatic rings. The quantitative estimate of drug-likeness (QED) is 0.861. The number of likely N-dealkylation sites (N-methyl/N-ethyl adjacent to an activating group) is 1. The van der Waals surface area contributed by atoms with Crippen LogP contribution in [0.25, 0.3) is 0 Å². The highest BCUT2D eigenvalue weighted by molar-refractivity contribution is 5.83. The molecule has 0 aliphatic carbocycles. The van der Waals surface area contributed by atoms with Crippen LogP contribution in [0.15, 0.2) is 30.3 Å². The maximum atomic E-state index is 12.2. The molecule has 0 aromatic heterocycles. The molecule has 3 N–H and O–H groups in total. The number of hydrogen-bond acceptors (Lipinski definition) is 3. The van der Waals surface area contributed by atoms with Crippen LogP contribution < -0.4 is 11.1 Å². The molecule has 2 aliphatic heterocycles. The van der Waals surface area contributed by atoms with Gasteiger partial charge in [-0.05, 0) is 42.7 Å². The van der Waals surface area contributed by atoms with Gasteiger partial charge in [0.1, 0.15) is 0 Å². The molecule has 1 atom stereocenters. The van der Waals surface area contributed by atoms with Crippen molar-refractivity contribution in [2.45, 2.75) is 32.1 Å². The third-order valence-corrected chi connectivity index (χ3v) is 6.03. The van der Waals surface area contributed by atoms with Crippen LogP contribution in [0.3, 0.4) is 0 Å². The second-order valence-electron chi connectivity index (χ2n) is 7.74. The molecular weight excluding hydrogens is 328 g/mol. The molecule has 3 amide bonds. The number of rotatable bonds is 4. The fraction of sp³-hybridized carbons (Fsp3) is 0.600. The van der Waals surface area contributed by atoms with Gasteiger partial charge in [0.25, 0.3) is 0 Å². The Kier molecular flexibility index (Phi) is 5.81. The van der Waals surface area contributed by atoms with E-state index in [0.29, 0.717) is 5.92 Å². The molecule has 2 fully saturated rings. The third kappa shape index (κ3) is 4.36. The van der Waals surface area contributed by atoms with Crippen molar-refractivity contribution in [3.8, 4) is 0 Å². The van der Waals surface area contributed by atoms with Crippen LogP contribution in [-0.4, -0.2) is 61.0 Å². The van der Waals surface area contributed by atoms with Gasteiger partial charge in [-0.1, -0.05) is 37.3 Å². The number of likely N-dealkylation sites (tertiary alicyclic amines) is 2. The summed E-state index contributed by atoms with van der Waals surface area (Å²) in [5.41, 5.74) is 6.76. The number of benzene rings is 1. The van der Waals surface area contributed by atoms with Crippen LogP contribution >= 0.6 is 0 Å². The first kappa shape index (κ1) is 18.7. The molecule has 0 radical (unpaired) electrons. The Morgan fingerprint density at radius 3 is 2.54 bits per heavy atom. The smallest absolute Gasteiger partial charge is 0.312 e. The van der Waals surface area contributed by atoms with Crippen molar-refractivity contribution in [2.24, 2.45) is 11.1 Å². The highest BCUT2D eigenvalue weighted by Crippen LogP contribution is 2.44. The van der Waals surface area contributed by atoms with Gasteiger partial charge in [-0.25, -0.2) is 4.79 Å². The van der Waals surface area contributed by atoms with Gasteiger partial charge in [0.05, 0.1) is 6.54 Å². The predicted octanol–water partition coefficient (Wildman–Crippen LogP) is 1.77. The first-order chi connectivity index (χ1) is 12.5.